The smallest absolute Gasteiger partial charge is 0.227 e. The first-order valence-electron chi connectivity index (χ1n) is 9.59. The van der Waals surface area contributed by atoms with Crippen LogP contribution < -0.4 is 16.4 Å². The van der Waals surface area contributed by atoms with Crippen LogP contribution >= 0.6 is 12.4 Å². The molecule has 1 aliphatic carbocycles. The minimum absolute atomic E-state index is 0. The zero-order valence-electron chi connectivity index (χ0n) is 15.9. The van der Waals surface area contributed by atoms with Crippen molar-refractivity contribution in [1.82, 2.24) is 5.32 Å². The van der Waals surface area contributed by atoms with Crippen LogP contribution in [0.1, 0.15) is 49.3 Å². The summed E-state index contributed by atoms with van der Waals surface area (Å²) in [6, 6.07) is 16.9. The third kappa shape index (κ3) is 6.36. The van der Waals surface area contributed by atoms with Crippen molar-refractivity contribution in [3.05, 3.63) is 65.7 Å². The van der Waals surface area contributed by atoms with Crippen molar-refractivity contribution in [3.63, 3.8) is 0 Å². The molecule has 150 valence electrons. The maximum atomic E-state index is 12.3. The highest BCUT2D eigenvalue weighted by molar-refractivity contribution is 5.92. The number of nitrogens with one attached hydrogen (secondary N) is 2. The molecule has 4 N–H and O–H groups in total. The summed E-state index contributed by atoms with van der Waals surface area (Å²) >= 11 is 0. The van der Waals surface area contributed by atoms with Crippen LogP contribution in [-0.4, -0.2) is 11.8 Å². The summed E-state index contributed by atoms with van der Waals surface area (Å²) in [6.45, 7) is 0.410. The van der Waals surface area contributed by atoms with Crippen LogP contribution in [0.25, 0.3) is 0 Å². The van der Waals surface area contributed by atoms with E-state index in [1.165, 1.54) is 0 Å². The van der Waals surface area contributed by atoms with E-state index in [9.17, 15) is 9.59 Å². The standard InChI is InChI=1S/C22H27N3O2.ClH/c23-20(17-8-2-1-3-9-17)14-21(26)24-15-16-7-6-12-19(13-16)25-22(27)18-10-4-5-11-18;/h1-3,6-9,12-13,18,20H,4-5,10-11,14-15,23H2,(H,24,26)(H,25,27);1H. The van der Waals surface area contributed by atoms with Crippen molar-refractivity contribution in [1.29, 1.82) is 0 Å². The Hall–Kier alpha value is -2.37. The average molecular weight is 402 g/mol. The summed E-state index contributed by atoms with van der Waals surface area (Å²) in [4.78, 5) is 24.4. The van der Waals surface area contributed by atoms with E-state index in [1.807, 2.05) is 54.6 Å². The Morgan fingerprint density at radius 1 is 1.04 bits per heavy atom. The second kappa shape index (κ2) is 10.8. The van der Waals surface area contributed by atoms with Gasteiger partial charge in [0.25, 0.3) is 0 Å². The van der Waals surface area contributed by atoms with Gasteiger partial charge in [-0.25, -0.2) is 0 Å². The molecule has 0 aromatic heterocycles. The lowest BCUT2D eigenvalue weighted by Gasteiger charge is -2.13. The Kier molecular flexibility index (Phi) is 8.48. The molecule has 3 rings (SSSR count). The Morgan fingerprint density at radius 2 is 1.75 bits per heavy atom. The van der Waals surface area contributed by atoms with Crippen LogP contribution in [0.4, 0.5) is 5.69 Å². The Labute approximate surface area is 172 Å². The summed E-state index contributed by atoms with van der Waals surface area (Å²) in [6.07, 6.45) is 4.46. The van der Waals surface area contributed by atoms with Crippen LogP contribution in [-0.2, 0) is 16.1 Å². The molecule has 5 nitrogen and oxygen atoms in total. The topological polar surface area (TPSA) is 84.2 Å². The van der Waals surface area contributed by atoms with E-state index in [4.69, 9.17) is 5.73 Å². The lowest BCUT2D eigenvalue weighted by atomic mass is 10.0. The zero-order valence-corrected chi connectivity index (χ0v) is 16.7. The minimum atomic E-state index is -0.316. The molecule has 0 bridgehead atoms. The molecule has 0 aliphatic heterocycles. The van der Waals surface area contributed by atoms with Crippen molar-refractivity contribution in [2.75, 3.05) is 5.32 Å². The summed E-state index contributed by atoms with van der Waals surface area (Å²) in [7, 11) is 0. The molecule has 1 fully saturated rings. The van der Waals surface area contributed by atoms with Crippen molar-refractivity contribution < 1.29 is 9.59 Å². The second-order valence-electron chi connectivity index (χ2n) is 7.17. The van der Waals surface area contributed by atoms with Crippen molar-refractivity contribution in [2.45, 2.75) is 44.7 Å². The van der Waals surface area contributed by atoms with Gasteiger partial charge in [0, 0.05) is 30.6 Å². The molecule has 1 atom stereocenters. The maximum absolute atomic E-state index is 12.3. The second-order valence-corrected chi connectivity index (χ2v) is 7.17. The first kappa shape index (κ1) is 21.9. The maximum Gasteiger partial charge on any atom is 0.227 e. The molecule has 2 aromatic carbocycles. The highest BCUT2D eigenvalue weighted by atomic mass is 35.5. The van der Waals surface area contributed by atoms with Gasteiger partial charge in [0.1, 0.15) is 0 Å². The van der Waals surface area contributed by atoms with E-state index in [-0.39, 0.29) is 42.6 Å². The fourth-order valence-electron chi connectivity index (χ4n) is 3.48. The number of benzene rings is 2. The van der Waals surface area contributed by atoms with Gasteiger partial charge in [0.15, 0.2) is 0 Å². The number of carbonyl (C=O) groups excluding carboxylic acids is 2. The predicted molar refractivity (Wildman–Crippen MR) is 114 cm³/mol. The predicted octanol–water partition coefficient (Wildman–Crippen LogP) is 3.94. The van der Waals surface area contributed by atoms with E-state index in [0.717, 1.165) is 42.5 Å². The van der Waals surface area contributed by atoms with Crippen LogP contribution in [0.5, 0.6) is 0 Å². The molecule has 1 saturated carbocycles. The number of hydrogen-bond donors (Lipinski definition) is 3. The van der Waals surface area contributed by atoms with Gasteiger partial charge in [0.2, 0.25) is 11.8 Å². The number of anilines is 1. The molecular formula is C22H28ClN3O2. The molecule has 0 heterocycles. The molecule has 1 unspecified atom stereocenters. The van der Waals surface area contributed by atoms with Crippen molar-refractivity contribution in [2.24, 2.45) is 11.7 Å². The molecule has 2 aromatic rings. The Morgan fingerprint density at radius 3 is 2.46 bits per heavy atom. The van der Waals surface area contributed by atoms with Crippen LogP contribution in [0.2, 0.25) is 0 Å². The first-order chi connectivity index (χ1) is 13.1. The highest BCUT2D eigenvalue weighted by Crippen LogP contribution is 2.26. The van der Waals surface area contributed by atoms with E-state index < -0.39 is 0 Å². The quantitative estimate of drug-likeness (QED) is 0.656. The van der Waals surface area contributed by atoms with Crippen LogP contribution in [0.15, 0.2) is 54.6 Å². The fraction of sp³-hybridized carbons (Fsp3) is 0.364. The summed E-state index contributed by atoms with van der Waals surface area (Å²) in [5.74, 6) is 0.141. The molecule has 28 heavy (non-hydrogen) atoms. The summed E-state index contributed by atoms with van der Waals surface area (Å²) in [5, 5.41) is 5.90. The summed E-state index contributed by atoms with van der Waals surface area (Å²) < 4.78 is 0. The molecule has 6 heteroatoms. The van der Waals surface area contributed by atoms with Gasteiger partial charge in [-0.3, -0.25) is 9.59 Å². The average Bonchev–Trinajstić information content (AvgIpc) is 3.22. The lowest BCUT2D eigenvalue weighted by molar-refractivity contribution is -0.121. The van der Waals surface area contributed by atoms with Crippen molar-refractivity contribution >= 4 is 29.9 Å². The Balaban J connectivity index is 0.00000280. The van der Waals surface area contributed by atoms with Gasteiger partial charge in [0.05, 0.1) is 0 Å². The Bertz CT molecular complexity index is 776. The van der Waals surface area contributed by atoms with E-state index in [1.54, 1.807) is 0 Å². The number of rotatable bonds is 7. The van der Waals surface area contributed by atoms with Crippen LogP contribution in [0, 0.1) is 5.92 Å². The van der Waals surface area contributed by atoms with Gasteiger partial charge in [-0.15, -0.1) is 12.4 Å². The lowest BCUT2D eigenvalue weighted by Crippen LogP contribution is -2.27. The molecule has 1 aliphatic rings. The van der Waals surface area contributed by atoms with E-state index in [0.29, 0.717) is 6.54 Å². The molecular weight excluding hydrogens is 374 g/mol. The van der Waals surface area contributed by atoms with Gasteiger partial charge >= 0.3 is 0 Å². The third-order valence-corrected chi connectivity index (χ3v) is 5.04. The van der Waals surface area contributed by atoms with Gasteiger partial charge in [-0.05, 0) is 36.1 Å². The first-order valence-corrected chi connectivity index (χ1v) is 9.59. The normalized spacial score (nSPS) is 14.8. The molecule has 0 saturated heterocycles. The number of halogens is 1. The van der Waals surface area contributed by atoms with Gasteiger partial charge in [-0.1, -0.05) is 55.3 Å². The SMILES string of the molecule is Cl.NC(CC(=O)NCc1cccc(NC(=O)C2CCCC2)c1)c1ccccc1. The third-order valence-electron chi connectivity index (χ3n) is 5.04. The van der Waals surface area contributed by atoms with Crippen LogP contribution in [0.3, 0.4) is 0 Å². The molecule has 0 spiro atoms. The highest BCUT2D eigenvalue weighted by Gasteiger charge is 2.22. The van der Waals surface area contributed by atoms with Gasteiger partial charge < -0.3 is 16.4 Å². The largest absolute Gasteiger partial charge is 0.352 e. The minimum Gasteiger partial charge on any atom is -0.352 e. The number of carbonyl (C=O) groups is 2. The number of amides is 2. The van der Waals surface area contributed by atoms with Gasteiger partial charge in [-0.2, -0.15) is 0 Å². The van der Waals surface area contributed by atoms with Crippen molar-refractivity contribution in [3.8, 4) is 0 Å². The number of nitrogens with two attached hydrogens (primary N) is 1. The van der Waals surface area contributed by atoms with E-state index in [2.05, 4.69) is 10.6 Å². The molecule has 2 amide bonds. The monoisotopic (exact) mass is 401 g/mol. The zero-order chi connectivity index (χ0) is 19.1. The van der Waals surface area contributed by atoms with E-state index >= 15 is 0 Å². The number of hydrogen-bond acceptors (Lipinski definition) is 3. The molecule has 0 radical (unpaired) electrons. The summed E-state index contributed by atoms with van der Waals surface area (Å²) in [5.41, 5.74) is 8.77. The fourth-order valence-corrected chi connectivity index (χ4v) is 3.48.